The summed E-state index contributed by atoms with van der Waals surface area (Å²) in [5.74, 6) is 2.37. The first-order chi connectivity index (χ1) is 9.58. The van der Waals surface area contributed by atoms with Crippen LogP contribution in [0.1, 0.15) is 49.5 Å². The molecule has 1 aromatic carbocycles. The number of hydrogen-bond donors (Lipinski definition) is 0. The van der Waals surface area contributed by atoms with Gasteiger partial charge in [0.05, 0.1) is 5.75 Å². The molecule has 1 aromatic rings. The van der Waals surface area contributed by atoms with E-state index in [-0.39, 0.29) is 5.78 Å². The number of thioether (sulfide) groups is 1. The van der Waals surface area contributed by atoms with Gasteiger partial charge in [-0.3, -0.25) is 4.79 Å². The van der Waals surface area contributed by atoms with Crippen LogP contribution in [0.4, 0.5) is 0 Å². The van der Waals surface area contributed by atoms with Crippen LogP contribution in [0.3, 0.4) is 0 Å². The topological polar surface area (TPSA) is 20.3 Å². The SMILES string of the molecule is CCN(CC)CCSCC(=O)c1ccc(C(C)C)cc1. The summed E-state index contributed by atoms with van der Waals surface area (Å²) >= 11 is 1.73. The largest absolute Gasteiger partial charge is 0.303 e. The van der Waals surface area contributed by atoms with E-state index in [4.69, 9.17) is 0 Å². The highest BCUT2D eigenvalue weighted by atomic mass is 32.2. The highest BCUT2D eigenvalue weighted by molar-refractivity contribution is 8.00. The maximum Gasteiger partial charge on any atom is 0.172 e. The van der Waals surface area contributed by atoms with E-state index in [1.165, 1.54) is 5.56 Å². The molecular weight excluding hydrogens is 266 g/mol. The van der Waals surface area contributed by atoms with Crippen LogP contribution in [0.25, 0.3) is 0 Å². The van der Waals surface area contributed by atoms with Gasteiger partial charge in [0.25, 0.3) is 0 Å². The Balaban J connectivity index is 2.35. The first-order valence-electron chi connectivity index (χ1n) is 7.51. The summed E-state index contributed by atoms with van der Waals surface area (Å²) in [6.45, 7) is 11.9. The second-order valence-electron chi connectivity index (χ2n) is 5.28. The van der Waals surface area contributed by atoms with Crippen LogP contribution in [0.2, 0.25) is 0 Å². The number of nitrogens with zero attached hydrogens (tertiary/aromatic N) is 1. The molecule has 112 valence electrons. The lowest BCUT2D eigenvalue weighted by molar-refractivity contribution is 0.102. The lowest BCUT2D eigenvalue weighted by atomic mass is 10.0. The summed E-state index contributed by atoms with van der Waals surface area (Å²) < 4.78 is 0. The van der Waals surface area contributed by atoms with Crippen LogP contribution in [-0.2, 0) is 0 Å². The average molecular weight is 293 g/mol. The summed E-state index contributed by atoms with van der Waals surface area (Å²) in [6, 6.07) is 8.06. The van der Waals surface area contributed by atoms with Crippen molar-refractivity contribution in [1.29, 1.82) is 0 Å². The van der Waals surface area contributed by atoms with Crippen LogP contribution in [0.15, 0.2) is 24.3 Å². The zero-order chi connectivity index (χ0) is 15.0. The Morgan fingerprint density at radius 1 is 1.15 bits per heavy atom. The fourth-order valence-corrected chi connectivity index (χ4v) is 2.92. The quantitative estimate of drug-likeness (QED) is 0.506. The Labute approximate surface area is 127 Å². The van der Waals surface area contributed by atoms with E-state index < -0.39 is 0 Å². The van der Waals surface area contributed by atoms with Gasteiger partial charge in [-0.25, -0.2) is 0 Å². The van der Waals surface area contributed by atoms with Gasteiger partial charge in [-0.2, -0.15) is 11.8 Å². The molecule has 0 aromatic heterocycles. The molecule has 20 heavy (non-hydrogen) atoms. The van der Waals surface area contributed by atoms with Crippen LogP contribution in [0, 0.1) is 0 Å². The standard InChI is InChI=1S/C17H27NOS/c1-5-18(6-2)11-12-20-13-17(19)16-9-7-15(8-10-16)14(3)4/h7-10,14H,5-6,11-13H2,1-4H3. The fourth-order valence-electron chi connectivity index (χ4n) is 2.04. The molecule has 0 aliphatic rings. The van der Waals surface area contributed by atoms with E-state index in [0.29, 0.717) is 11.7 Å². The molecule has 0 radical (unpaired) electrons. The Kier molecular flexibility index (Phi) is 7.93. The summed E-state index contributed by atoms with van der Waals surface area (Å²) in [5, 5.41) is 0. The van der Waals surface area contributed by atoms with Crippen molar-refractivity contribution in [3.8, 4) is 0 Å². The minimum atomic E-state index is 0.241. The van der Waals surface area contributed by atoms with Gasteiger partial charge in [0, 0.05) is 17.9 Å². The van der Waals surface area contributed by atoms with E-state index in [1.807, 2.05) is 12.1 Å². The molecule has 2 nitrogen and oxygen atoms in total. The number of benzene rings is 1. The van der Waals surface area contributed by atoms with Crippen molar-refractivity contribution in [3.05, 3.63) is 35.4 Å². The Hall–Kier alpha value is -0.800. The first kappa shape index (κ1) is 17.3. The molecule has 0 bridgehead atoms. The average Bonchev–Trinajstić information content (AvgIpc) is 2.47. The van der Waals surface area contributed by atoms with Crippen molar-refractivity contribution < 1.29 is 4.79 Å². The van der Waals surface area contributed by atoms with E-state index >= 15 is 0 Å². The van der Waals surface area contributed by atoms with Crippen LogP contribution >= 0.6 is 11.8 Å². The van der Waals surface area contributed by atoms with Gasteiger partial charge in [0.1, 0.15) is 0 Å². The highest BCUT2D eigenvalue weighted by Crippen LogP contribution is 2.16. The van der Waals surface area contributed by atoms with Crippen LogP contribution in [-0.4, -0.2) is 41.8 Å². The van der Waals surface area contributed by atoms with Crippen molar-refractivity contribution in [3.63, 3.8) is 0 Å². The molecule has 0 unspecified atom stereocenters. The number of Topliss-reactive ketones (excluding diaryl/α,β-unsaturated/α-hetero) is 1. The van der Waals surface area contributed by atoms with E-state index in [2.05, 4.69) is 44.7 Å². The second-order valence-corrected chi connectivity index (χ2v) is 6.38. The lowest BCUT2D eigenvalue weighted by Gasteiger charge is -2.17. The summed E-state index contributed by atoms with van der Waals surface area (Å²) in [4.78, 5) is 14.5. The molecule has 3 heteroatoms. The van der Waals surface area contributed by atoms with Crippen molar-refractivity contribution in [2.45, 2.75) is 33.6 Å². The monoisotopic (exact) mass is 293 g/mol. The zero-order valence-corrected chi connectivity index (χ0v) is 14.0. The van der Waals surface area contributed by atoms with Crippen molar-refractivity contribution in [1.82, 2.24) is 4.90 Å². The van der Waals surface area contributed by atoms with Gasteiger partial charge in [0.2, 0.25) is 0 Å². The smallest absolute Gasteiger partial charge is 0.172 e. The van der Waals surface area contributed by atoms with Gasteiger partial charge in [-0.05, 0) is 24.6 Å². The molecule has 0 aliphatic carbocycles. The van der Waals surface area contributed by atoms with Gasteiger partial charge in [-0.15, -0.1) is 0 Å². The minimum absolute atomic E-state index is 0.241. The molecule has 1 rings (SSSR count). The zero-order valence-electron chi connectivity index (χ0n) is 13.2. The van der Waals surface area contributed by atoms with Gasteiger partial charge >= 0.3 is 0 Å². The number of rotatable bonds is 9. The van der Waals surface area contributed by atoms with Crippen LogP contribution < -0.4 is 0 Å². The molecule has 0 N–H and O–H groups in total. The minimum Gasteiger partial charge on any atom is -0.303 e. The van der Waals surface area contributed by atoms with Crippen LogP contribution in [0.5, 0.6) is 0 Å². The third-order valence-corrected chi connectivity index (χ3v) is 4.52. The first-order valence-corrected chi connectivity index (χ1v) is 8.67. The summed E-state index contributed by atoms with van der Waals surface area (Å²) in [7, 11) is 0. The predicted octanol–water partition coefficient (Wildman–Crippen LogP) is 4.07. The van der Waals surface area contributed by atoms with Gasteiger partial charge in [-0.1, -0.05) is 52.0 Å². The predicted molar refractivity (Wildman–Crippen MR) is 90.0 cm³/mol. The normalized spacial score (nSPS) is 11.3. The van der Waals surface area contributed by atoms with E-state index in [1.54, 1.807) is 11.8 Å². The third-order valence-electron chi connectivity index (χ3n) is 3.58. The Morgan fingerprint density at radius 3 is 2.25 bits per heavy atom. The van der Waals surface area contributed by atoms with Crippen molar-refractivity contribution in [2.24, 2.45) is 0 Å². The molecule has 0 fully saturated rings. The number of carbonyl (C=O) groups is 1. The maximum atomic E-state index is 12.1. The molecule has 0 heterocycles. The molecule has 0 amide bonds. The fraction of sp³-hybridized carbons (Fsp3) is 0.588. The Bertz CT molecular complexity index is 396. The second kappa shape index (κ2) is 9.19. The molecule has 0 spiro atoms. The molecule has 0 saturated carbocycles. The van der Waals surface area contributed by atoms with E-state index in [9.17, 15) is 4.79 Å². The van der Waals surface area contributed by atoms with Crippen molar-refractivity contribution >= 4 is 17.5 Å². The number of carbonyl (C=O) groups excluding carboxylic acids is 1. The van der Waals surface area contributed by atoms with Gasteiger partial charge < -0.3 is 4.90 Å². The molecule has 0 atom stereocenters. The lowest BCUT2D eigenvalue weighted by Crippen LogP contribution is -2.25. The number of hydrogen-bond acceptors (Lipinski definition) is 3. The van der Waals surface area contributed by atoms with E-state index in [0.717, 1.165) is 31.0 Å². The summed E-state index contributed by atoms with van der Waals surface area (Å²) in [6.07, 6.45) is 0. The molecular formula is C17H27NOS. The maximum absolute atomic E-state index is 12.1. The highest BCUT2D eigenvalue weighted by Gasteiger charge is 2.07. The molecule has 0 saturated heterocycles. The van der Waals surface area contributed by atoms with Crippen molar-refractivity contribution in [2.75, 3.05) is 31.1 Å². The molecule has 0 aliphatic heterocycles. The number of ketones is 1. The Morgan fingerprint density at radius 2 is 1.75 bits per heavy atom. The third kappa shape index (κ3) is 5.68. The summed E-state index contributed by atoms with van der Waals surface area (Å²) in [5.41, 5.74) is 2.13. The van der Waals surface area contributed by atoms with Gasteiger partial charge in [0.15, 0.2) is 5.78 Å².